The molecule has 0 bridgehead atoms. The second kappa shape index (κ2) is 11.0. The Labute approximate surface area is 171 Å². The third-order valence-corrected chi connectivity index (χ3v) is 5.29. The average molecular weight is 419 g/mol. The number of rotatable bonds is 8. The van der Waals surface area contributed by atoms with Crippen LogP contribution in [0.2, 0.25) is 0 Å². The first-order chi connectivity index (χ1) is 12.3. The highest BCUT2D eigenvalue weighted by molar-refractivity contribution is 7.99. The zero-order valence-corrected chi connectivity index (χ0v) is 18.1. The van der Waals surface area contributed by atoms with E-state index in [-0.39, 0.29) is 53.1 Å². The molecule has 2 rings (SSSR count). The van der Waals surface area contributed by atoms with Gasteiger partial charge in [-0.15, -0.1) is 22.6 Å². The summed E-state index contributed by atoms with van der Waals surface area (Å²) in [7, 11) is 0. The van der Waals surface area contributed by atoms with Gasteiger partial charge in [0.1, 0.15) is 0 Å². The van der Waals surface area contributed by atoms with Gasteiger partial charge in [-0.1, -0.05) is 52.3 Å². The molecule has 1 heterocycles. The molecular formula is C18H31ClN4O3S. The summed E-state index contributed by atoms with van der Waals surface area (Å²) in [5.41, 5.74) is 6.10. The number of halogens is 1. The van der Waals surface area contributed by atoms with E-state index in [1.165, 1.54) is 11.8 Å². The molecule has 0 aromatic carbocycles. The van der Waals surface area contributed by atoms with Crippen LogP contribution in [0.3, 0.4) is 0 Å². The zero-order valence-electron chi connectivity index (χ0n) is 16.4. The SMILES string of the molecule is CC(C)C[C@H](NC(=O)[C@@H]1CCCC[C@@H]1N)C(=O)c1nnc(SC(C)C)o1.Cl. The maximum absolute atomic E-state index is 12.8. The maximum Gasteiger partial charge on any atom is 0.286 e. The van der Waals surface area contributed by atoms with Crippen molar-refractivity contribution < 1.29 is 14.0 Å². The number of thioether (sulfide) groups is 1. The molecule has 3 N–H and O–H groups in total. The third kappa shape index (κ3) is 7.08. The summed E-state index contributed by atoms with van der Waals surface area (Å²) >= 11 is 1.40. The monoisotopic (exact) mass is 418 g/mol. The molecule has 0 saturated heterocycles. The number of nitrogens with zero attached hydrogens (tertiary/aromatic N) is 2. The average Bonchev–Trinajstić information content (AvgIpc) is 3.01. The summed E-state index contributed by atoms with van der Waals surface area (Å²) in [6, 6.07) is -0.815. The molecule has 0 aliphatic heterocycles. The lowest BCUT2D eigenvalue weighted by Crippen LogP contribution is -2.49. The lowest BCUT2D eigenvalue weighted by molar-refractivity contribution is -0.127. The first-order valence-corrected chi connectivity index (χ1v) is 10.3. The van der Waals surface area contributed by atoms with E-state index in [4.69, 9.17) is 10.2 Å². The highest BCUT2D eigenvalue weighted by Gasteiger charge is 2.33. The molecule has 9 heteroatoms. The van der Waals surface area contributed by atoms with Crippen molar-refractivity contribution in [2.45, 2.75) is 82.4 Å². The van der Waals surface area contributed by atoms with Crippen LogP contribution in [0.5, 0.6) is 0 Å². The predicted octanol–water partition coefficient (Wildman–Crippen LogP) is 3.22. The highest BCUT2D eigenvalue weighted by atomic mass is 35.5. The van der Waals surface area contributed by atoms with Crippen LogP contribution < -0.4 is 11.1 Å². The maximum atomic E-state index is 12.8. The van der Waals surface area contributed by atoms with Gasteiger partial charge in [-0.2, -0.15) is 0 Å². The molecule has 1 aliphatic carbocycles. The van der Waals surface area contributed by atoms with Crippen LogP contribution in [0.25, 0.3) is 0 Å². The minimum absolute atomic E-state index is 0. The van der Waals surface area contributed by atoms with Gasteiger partial charge in [0.2, 0.25) is 11.7 Å². The van der Waals surface area contributed by atoms with Gasteiger partial charge in [0, 0.05) is 11.3 Å². The van der Waals surface area contributed by atoms with E-state index in [1.54, 1.807) is 0 Å². The van der Waals surface area contributed by atoms with E-state index < -0.39 is 6.04 Å². The van der Waals surface area contributed by atoms with Crippen LogP contribution in [-0.2, 0) is 4.79 Å². The molecule has 7 nitrogen and oxygen atoms in total. The molecule has 1 fully saturated rings. The van der Waals surface area contributed by atoms with Crippen LogP contribution >= 0.6 is 24.2 Å². The van der Waals surface area contributed by atoms with Gasteiger partial charge in [0.15, 0.2) is 0 Å². The Morgan fingerprint density at radius 3 is 2.48 bits per heavy atom. The highest BCUT2D eigenvalue weighted by Crippen LogP contribution is 2.24. The van der Waals surface area contributed by atoms with Crippen LogP contribution in [0.1, 0.15) is 70.5 Å². The molecule has 0 radical (unpaired) electrons. The number of aromatic nitrogens is 2. The van der Waals surface area contributed by atoms with Gasteiger partial charge in [-0.3, -0.25) is 9.59 Å². The quantitative estimate of drug-likeness (QED) is 0.492. The zero-order chi connectivity index (χ0) is 19.3. The van der Waals surface area contributed by atoms with Gasteiger partial charge in [0.05, 0.1) is 12.0 Å². The summed E-state index contributed by atoms with van der Waals surface area (Å²) in [4.78, 5) is 25.5. The summed E-state index contributed by atoms with van der Waals surface area (Å²) in [5, 5.41) is 11.3. The molecule has 1 saturated carbocycles. The van der Waals surface area contributed by atoms with Crippen LogP contribution in [0.4, 0.5) is 0 Å². The fraction of sp³-hybridized carbons (Fsp3) is 0.778. The first-order valence-electron chi connectivity index (χ1n) is 9.38. The van der Waals surface area contributed by atoms with E-state index >= 15 is 0 Å². The summed E-state index contributed by atoms with van der Waals surface area (Å²) < 4.78 is 5.48. The normalized spacial score (nSPS) is 21.0. The summed E-state index contributed by atoms with van der Waals surface area (Å²) in [5.74, 6) is -0.531. The van der Waals surface area contributed by atoms with Crippen molar-refractivity contribution in [3.8, 4) is 0 Å². The molecule has 3 atom stereocenters. The topological polar surface area (TPSA) is 111 Å². The molecular weight excluding hydrogens is 388 g/mol. The fourth-order valence-corrected chi connectivity index (χ4v) is 3.79. The van der Waals surface area contributed by atoms with Crippen molar-refractivity contribution in [1.29, 1.82) is 0 Å². The van der Waals surface area contributed by atoms with E-state index in [2.05, 4.69) is 15.5 Å². The summed E-state index contributed by atoms with van der Waals surface area (Å²) in [6.45, 7) is 8.02. The van der Waals surface area contributed by atoms with Gasteiger partial charge < -0.3 is 15.5 Å². The van der Waals surface area contributed by atoms with Crippen LogP contribution in [0.15, 0.2) is 9.64 Å². The molecule has 1 aromatic rings. The first kappa shape index (κ1) is 23.9. The summed E-state index contributed by atoms with van der Waals surface area (Å²) in [6.07, 6.45) is 4.18. The van der Waals surface area contributed by atoms with Crippen molar-refractivity contribution in [2.75, 3.05) is 0 Å². The van der Waals surface area contributed by atoms with E-state index in [0.717, 1.165) is 25.7 Å². The third-order valence-electron chi connectivity index (χ3n) is 4.45. The standard InChI is InChI=1S/C18H30N4O3S.ClH/c1-10(2)9-14(20-16(24)12-7-5-6-8-13(12)19)15(23)17-21-22-18(25-17)26-11(3)4;/h10-14H,5-9,19H2,1-4H3,(H,20,24);1H/t12-,13+,14+;/m1./s1. The second-order valence-corrected chi connectivity index (χ2v) is 9.18. The van der Waals surface area contributed by atoms with E-state index in [0.29, 0.717) is 11.6 Å². The van der Waals surface area contributed by atoms with E-state index in [1.807, 2.05) is 27.7 Å². The fourth-order valence-electron chi connectivity index (χ4n) is 3.17. The van der Waals surface area contributed by atoms with Crippen molar-refractivity contribution >= 4 is 35.9 Å². The number of amides is 1. The Bertz CT molecular complexity index is 624. The number of hydrogen-bond donors (Lipinski definition) is 2. The van der Waals surface area contributed by atoms with Crippen LogP contribution in [0, 0.1) is 11.8 Å². The minimum atomic E-state index is -0.672. The Hall–Kier alpha value is -1.12. The van der Waals surface area contributed by atoms with E-state index in [9.17, 15) is 9.59 Å². The van der Waals surface area contributed by atoms with Crippen molar-refractivity contribution in [1.82, 2.24) is 15.5 Å². The van der Waals surface area contributed by atoms with Crippen molar-refractivity contribution in [2.24, 2.45) is 17.6 Å². The minimum Gasteiger partial charge on any atom is -0.408 e. The smallest absolute Gasteiger partial charge is 0.286 e. The Balaban J connectivity index is 0.00000364. The van der Waals surface area contributed by atoms with Crippen molar-refractivity contribution in [3.05, 3.63) is 5.89 Å². The molecule has 27 heavy (non-hydrogen) atoms. The number of ketones is 1. The van der Waals surface area contributed by atoms with Gasteiger partial charge >= 0.3 is 0 Å². The lowest BCUT2D eigenvalue weighted by Gasteiger charge is -2.29. The number of nitrogens with one attached hydrogen (secondary N) is 1. The van der Waals surface area contributed by atoms with Crippen molar-refractivity contribution in [3.63, 3.8) is 0 Å². The number of nitrogens with two attached hydrogens (primary N) is 1. The second-order valence-electron chi connectivity index (χ2n) is 7.65. The largest absolute Gasteiger partial charge is 0.408 e. The molecule has 0 unspecified atom stereocenters. The number of hydrogen-bond acceptors (Lipinski definition) is 7. The van der Waals surface area contributed by atoms with Gasteiger partial charge in [-0.25, -0.2) is 0 Å². The number of carbonyl (C=O) groups excluding carboxylic acids is 2. The molecule has 1 aromatic heterocycles. The van der Waals surface area contributed by atoms with Gasteiger partial charge in [-0.05, 0) is 25.2 Å². The number of Topliss-reactive ketones (excluding diaryl/α,β-unsaturated/α-hetero) is 1. The predicted molar refractivity (Wildman–Crippen MR) is 108 cm³/mol. The van der Waals surface area contributed by atoms with Gasteiger partial charge in [0.25, 0.3) is 11.1 Å². The molecule has 1 aliphatic rings. The molecule has 154 valence electrons. The lowest BCUT2D eigenvalue weighted by atomic mass is 9.84. The Morgan fingerprint density at radius 2 is 1.89 bits per heavy atom. The van der Waals surface area contributed by atoms with Crippen LogP contribution in [-0.4, -0.2) is 39.2 Å². The molecule has 0 spiro atoms. The Morgan fingerprint density at radius 1 is 1.22 bits per heavy atom. The molecule has 1 amide bonds. The number of carbonyl (C=O) groups is 2. The Kier molecular flexibility index (Phi) is 9.76.